The van der Waals surface area contributed by atoms with Gasteiger partial charge in [0, 0.05) is 24.2 Å². The fourth-order valence-electron chi connectivity index (χ4n) is 1.73. The van der Waals surface area contributed by atoms with Crippen molar-refractivity contribution in [1.82, 2.24) is 4.57 Å². The monoisotopic (exact) mass is 192 g/mol. The van der Waals surface area contributed by atoms with E-state index in [1.807, 2.05) is 23.9 Å². The number of phenols is 1. The molecule has 74 valence electrons. The Morgan fingerprint density at radius 2 is 2.29 bits per heavy atom. The molecule has 0 radical (unpaired) electrons. The largest absolute Gasteiger partial charge is 0.506 e. The van der Waals surface area contributed by atoms with Gasteiger partial charge in [0.25, 0.3) is 0 Å². The van der Waals surface area contributed by atoms with Crippen molar-refractivity contribution >= 4 is 10.9 Å². The van der Waals surface area contributed by atoms with Crippen molar-refractivity contribution in [2.75, 3.05) is 0 Å². The molecule has 3 N–H and O–H groups in total. The second-order valence-corrected chi connectivity index (χ2v) is 3.25. The first-order chi connectivity index (χ1) is 6.74. The number of phenolic OH excluding ortho intramolecular Hbond substituents is 1. The predicted molar refractivity (Wildman–Crippen MR) is 53.6 cm³/mol. The van der Waals surface area contributed by atoms with Crippen LogP contribution in [0.5, 0.6) is 5.75 Å². The molecule has 0 aliphatic rings. The quantitative estimate of drug-likeness (QED) is 0.704. The highest BCUT2D eigenvalue weighted by atomic mass is 16.6. The van der Waals surface area contributed by atoms with Crippen molar-refractivity contribution in [2.24, 2.45) is 12.9 Å². The van der Waals surface area contributed by atoms with Crippen LogP contribution in [0.4, 0.5) is 0 Å². The Hall–Kier alpha value is -1.52. The number of aromatic hydroxyl groups is 1. The second kappa shape index (κ2) is 3.32. The van der Waals surface area contributed by atoms with E-state index in [9.17, 15) is 5.11 Å². The molecular formula is C10H12N2O2. The summed E-state index contributed by atoms with van der Waals surface area (Å²) in [6, 6.07) is 5.40. The summed E-state index contributed by atoms with van der Waals surface area (Å²) in [5, 5.41) is 10.6. The molecule has 0 unspecified atom stereocenters. The molecule has 1 heterocycles. The molecule has 0 amide bonds. The average Bonchev–Trinajstić information content (AvgIpc) is 2.46. The first-order valence-corrected chi connectivity index (χ1v) is 4.31. The molecule has 14 heavy (non-hydrogen) atoms. The molecule has 0 fully saturated rings. The van der Waals surface area contributed by atoms with Crippen LogP contribution in [0.25, 0.3) is 10.9 Å². The van der Waals surface area contributed by atoms with Crippen LogP contribution in [0.1, 0.15) is 5.56 Å². The van der Waals surface area contributed by atoms with Gasteiger partial charge in [-0.05, 0) is 6.07 Å². The summed E-state index contributed by atoms with van der Waals surface area (Å²) < 4.78 is 1.86. The number of aryl methyl sites for hydroxylation is 1. The van der Waals surface area contributed by atoms with Crippen LogP contribution in [0.2, 0.25) is 0 Å². The number of aromatic nitrogens is 1. The van der Waals surface area contributed by atoms with E-state index in [0.29, 0.717) is 6.61 Å². The molecule has 1 aromatic heterocycles. The summed E-state index contributed by atoms with van der Waals surface area (Å²) in [4.78, 5) is 4.59. The van der Waals surface area contributed by atoms with Gasteiger partial charge in [0.1, 0.15) is 5.75 Å². The van der Waals surface area contributed by atoms with Gasteiger partial charge >= 0.3 is 0 Å². The molecule has 0 saturated heterocycles. The van der Waals surface area contributed by atoms with Gasteiger partial charge in [-0.3, -0.25) is 4.84 Å². The maximum atomic E-state index is 9.64. The SMILES string of the molecule is Cn1cc(CON)c2cccc(O)c21. The van der Waals surface area contributed by atoms with Crippen LogP contribution in [0, 0.1) is 0 Å². The lowest BCUT2D eigenvalue weighted by molar-refractivity contribution is 0.125. The van der Waals surface area contributed by atoms with Crippen molar-refractivity contribution in [3.63, 3.8) is 0 Å². The number of para-hydroxylation sites is 1. The van der Waals surface area contributed by atoms with Gasteiger partial charge in [0.15, 0.2) is 0 Å². The number of hydrogen-bond acceptors (Lipinski definition) is 3. The maximum Gasteiger partial charge on any atom is 0.139 e. The van der Waals surface area contributed by atoms with Gasteiger partial charge in [-0.15, -0.1) is 0 Å². The molecule has 4 heteroatoms. The van der Waals surface area contributed by atoms with Crippen molar-refractivity contribution in [1.29, 1.82) is 0 Å². The minimum Gasteiger partial charge on any atom is -0.506 e. The summed E-state index contributed by atoms with van der Waals surface area (Å²) in [5.41, 5.74) is 1.78. The fourth-order valence-corrected chi connectivity index (χ4v) is 1.73. The van der Waals surface area contributed by atoms with E-state index in [-0.39, 0.29) is 5.75 Å². The Morgan fingerprint density at radius 1 is 1.50 bits per heavy atom. The van der Waals surface area contributed by atoms with E-state index < -0.39 is 0 Å². The van der Waals surface area contributed by atoms with Crippen LogP contribution < -0.4 is 5.90 Å². The normalized spacial score (nSPS) is 11.0. The standard InChI is InChI=1S/C10H12N2O2/c1-12-5-7(6-14-11)8-3-2-4-9(13)10(8)12/h2-5,13H,6,11H2,1H3. The minimum absolute atomic E-state index is 0.272. The molecule has 0 saturated carbocycles. The first-order valence-electron chi connectivity index (χ1n) is 4.31. The Bertz CT molecular complexity index is 462. The van der Waals surface area contributed by atoms with E-state index in [0.717, 1.165) is 16.5 Å². The highest BCUT2D eigenvalue weighted by Crippen LogP contribution is 2.28. The third-order valence-electron chi connectivity index (χ3n) is 2.30. The number of nitrogens with two attached hydrogens (primary N) is 1. The van der Waals surface area contributed by atoms with Gasteiger partial charge in [0.05, 0.1) is 12.1 Å². The molecule has 2 aromatic rings. The lowest BCUT2D eigenvalue weighted by Crippen LogP contribution is -1.97. The Kier molecular flexibility index (Phi) is 2.15. The number of hydrogen-bond donors (Lipinski definition) is 2. The zero-order chi connectivity index (χ0) is 10.1. The zero-order valence-corrected chi connectivity index (χ0v) is 7.90. The van der Waals surface area contributed by atoms with E-state index >= 15 is 0 Å². The van der Waals surface area contributed by atoms with Crippen molar-refractivity contribution in [3.05, 3.63) is 30.0 Å². The molecule has 0 atom stereocenters. The lowest BCUT2D eigenvalue weighted by Gasteiger charge is -1.98. The number of nitrogens with zero attached hydrogens (tertiary/aromatic N) is 1. The van der Waals surface area contributed by atoms with Crippen LogP contribution in [-0.2, 0) is 18.5 Å². The molecule has 0 bridgehead atoms. The fraction of sp³-hybridized carbons (Fsp3) is 0.200. The number of fused-ring (bicyclic) bond motifs is 1. The summed E-state index contributed by atoms with van der Waals surface area (Å²) in [6.07, 6.45) is 1.90. The van der Waals surface area contributed by atoms with Crippen molar-refractivity contribution < 1.29 is 9.94 Å². The molecule has 0 spiro atoms. The van der Waals surface area contributed by atoms with Gasteiger partial charge in [0.2, 0.25) is 0 Å². The number of benzene rings is 1. The molecule has 0 aliphatic carbocycles. The van der Waals surface area contributed by atoms with Gasteiger partial charge in [-0.2, -0.15) is 0 Å². The van der Waals surface area contributed by atoms with Crippen LogP contribution >= 0.6 is 0 Å². The second-order valence-electron chi connectivity index (χ2n) is 3.25. The van der Waals surface area contributed by atoms with Gasteiger partial charge in [-0.1, -0.05) is 12.1 Å². The third kappa shape index (κ3) is 1.25. The summed E-state index contributed by atoms with van der Waals surface area (Å²) in [5.74, 6) is 5.30. The van der Waals surface area contributed by atoms with E-state index in [1.165, 1.54) is 0 Å². The van der Waals surface area contributed by atoms with E-state index in [1.54, 1.807) is 12.1 Å². The van der Waals surface area contributed by atoms with Crippen LogP contribution in [0.3, 0.4) is 0 Å². The van der Waals surface area contributed by atoms with Crippen LogP contribution in [0.15, 0.2) is 24.4 Å². The topological polar surface area (TPSA) is 60.4 Å². The van der Waals surface area contributed by atoms with Gasteiger partial charge < -0.3 is 9.67 Å². The molecular weight excluding hydrogens is 180 g/mol. The van der Waals surface area contributed by atoms with Crippen molar-refractivity contribution in [2.45, 2.75) is 6.61 Å². The molecule has 0 aliphatic heterocycles. The zero-order valence-electron chi connectivity index (χ0n) is 7.90. The van der Waals surface area contributed by atoms with E-state index in [2.05, 4.69) is 4.84 Å². The average molecular weight is 192 g/mol. The maximum absolute atomic E-state index is 9.64. The minimum atomic E-state index is 0.272. The highest BCUT2D eigenvalue weighted by molar-refractivity contribution is 5.88. The van der Waals surface area contributed by atoms with Gasteiger partial charge in [-0.25, -0.2) is 5.90 Å². The Labute approximate surface area is 81.5 Å². The Morgan fingerprint density at radius 3 is 3.00 bits per heavy atom. The number of rotatable bonds is 2. The smallest absolute Gasteiger partial charge is 0.139 e. The third-order valence-corrected chi connectivity index (χ3v) is 2.30. The van der Waals surface area contributed by atoms with Crippen molar-refractivity contribution in [3.8, 4) is 5.75 Å². The highest BCUT2D eigenvalue weighted by Gasteiger charge is 2.08. The molecule has 2 rings (SSSR count). The first kappa shape index (κ1) is 9.05. The lowest BCUT2D eigenvalue weighted by atomic mass is 10.2. The summed E-state index contributed by atoms with van der Waals surface area (Å²) in [6.45, 7) is 0.348. The molecule has 4 nitrogen and oxygen atoms in total. The van der Waals surface area contributed by atoms with Crippen LogP contribution in [-0.4, -0.2) is 9.67 Å². The summed E-state index contributed by atoms with van der Waals surface area (Å²) >= 11 is 0. The Balaban J connectivity index is 2.71. The van der Waals surface area contributed by atoms with E-state index in [4.69, 9.17) is 5.90 Å². The summed E-state index contributed by atoms with van der Waals surface area (Å²) in [7, 11) is 1.88. The molecule has 1 aromatic carbocycles. The predicted octanol–water partition coefficient (Wildman–Crippen LogP) is 1.27.